The van der Waals surface area contributed by atoms with Crippen LogP contribution in [-0.4, -0.2) is 4.57 Å². The van der Waals surface area contributed by atoms with E-state index in [-0.39, 0.29) is 5.41 Å². The van der Waals surface area contributed by atoms with Gasteiger partial charge in [0.25, 0.3) is 0 Å². The number of aromatic nitrogens is 1. The highest BCUT2D eigenvalue weighted by Crippen LogP contribution is 2.52. The number of anilines is 3. The molecule has 0 amide bonds. The lowest BCUT2D eigenvalue weighted by Gasteiger charge is -2.30. The van der Waals surface area contributed by atoms with Gasteiger partial charge in [-0.25, -0.2) is 0 Å². The van der Waals surface area contributed by atoms with Crippen molar-refractivity contribution in [3.05, 3.63) is 260 Å². The molecule has 1 unspecified atom stereocenters. The molecule has 1 aliphatic carbocycles. The van der Waals surface area contributed by atoms with E-state index in [4.69, 9.17) is 0 Å². The third-order valence-electron chi connectivity index (χ3n) is 12.8. The van der Waals surface area contributed by atoms with E-state index >= 15 is 0 Å². The summed E-state index contributed by atoms with van der Waals surface area (Å²) in [5.41, 5.74) is 19.9. The average molecular weight is 827 g/mol. The summed E-state index contributed by atoms with van der Waals surface area (Å²) in [6, 6.07) is 69.0. The summed E-state index contributed by atoms with van der Waals surface area (Å²) in [6.45, 7) is 16.8. The second-order valence-electron chi connectivity index (χ2n) is 16.9. The number of hydrogen-bond donors (Lipinski definition) is 0. The van der Waals surface area contributed by atoms with E-state index in [9.17, 15) is 0 Å². The highest BCUT2D eigenvalue weighted by atomic mass is 15.1. The van der Waals surface area contributed by atoms with Crippen molar-refractivity contribution in [3.63, 3.8) is 0 Å². The standard InChI is InChI=1S/C62H54N2/c1-7-10-40-62(6)59-23-15-14-22-57(59)58-38-37-56(43-60(58)62)64(55-35-31-49(32-36-55)51-19-16-18-50(42-51)46(9-3)17-8-2)54-33-29-48(30-34-54)47-26-25-45(5)63(53-20-12-11-13-21-53)61-39-24-44(4)41-52(61)28-27-47/h7-39,41-43H,2-3,40H2,1,4-6H3/b10-7-,28-27?,45-25?,46-17+,47-26?. The van der Waals surface area contributed by atoms with Crippen molar-refractivity contribution in [1.29, 1.82) is 0 Å². The molecule has 1 heterocycles. The summed E-state index contributed by atoms with van der Waals surface area (Å²) in [7, 11) is 0. The fraction of sp³-hybridized carbons (Fsp3) is 0.0968. The summed E-state index contributed by atoms with van der Waals surface area (Å²) in [6.07, 6.45) is 11.1. The number of nitrogens with zero attached hydrogens (tertiary/aromatic N) is 2. The van der Waals surface area contributed by atoms with Crippen LogP contribution in [-0.2, 0) is 5.41 Å². The van der Waals surface area contributed by atoms with Crippen LogP contribution < -0.4 is 4.90 Å². The summed E-state index contributed by atoms with van der Waals surface area (Å²) in [5, 5.41) is 1.18. The largest absolute Gasteiger partial charge is 0.314 e. The third kappa shape index (κ3) is 7.96. The molecule has 0 aliphatic heterocycles. The molecule has 64 heavy (non-hydrogen) atoms. The number of para-hydroxylation sites is 1. The molecular formula is C62H54N2. The van der Waals surface area contributed by atoms with E-state index in [0.717, 1.165) is 73.8 Å². The van der Waals surface area contributed by atoms with Gasteiger partial charge in [0.1, 0.15) is 0 Å². The number of fused-ring (bicyclic) bond motifs is 4. The minimum absolute atomic E-state index is 0.155. The summed E-state index contributed by atoms with van der Waals surface area (Å²) in [5.74, 6) is 0. The number of aryl methyl sites for hydroxylation is 2. The summed E-state index contributed by atoms with van der Waals surface area (Å²) in [4.78, 5) is 2.40. The van der Waals surface area contributed by atoms with E-state index in [1.807, 2.05) is 18.2 Å². The maximum absolute atomic E-state index is 4.04. The molecule has 0 radical (unpaired) electrons. The Kier molecular flexibility index (Phi) is 11.7. The Labute approximate surface area is 379 Å². The van der Waals surface area contributed by atoms with Crippen LogP contribution in [0.25, 0.3) is 55.5 Å². The van der Waals surface area contributed by atoms with Gasteiger partial charge in [0.2, 0.25) is 0 Å². The van der Waals surface area contributed by atoms with Crippen LogP contribution >= 0.6 is 0 Å². The van der Waals surface area contributed by atoms with Gasteiger partial charge in [-0.15, -0.1) is 0 Å². The van der Waals surface area contributed by atoms with E-state index < -0.39 is 0 Å². The van der Waals surface area contributed by atoms with Crippen LogP contribution in [0.5, 0.6) is 0 Å². The zero-order valence-corrected chi connectivity index (χ0v) is 37.3. The second kappa shape index (κ2) is 18.0. The first-order valence-corrected chi connectivity index (χ1v) is 22.2. The monoisotopic (exact) mass is 826 g/mol. The first kappa shape index (κ1) is 41.7. The van der Waals surface area contributed by atoms with Crippen LogP contribution in [0.15, 0.2) is 232 Å². The molecule has 0 N–H and O–H groups in total. The summed E-state index contributed by atoms with van der Waals surface area (Å²) < 4.78 is 2.35. The maximum Gasteiger partial charge on any atom is 0.0530 e. The Hall–Kier alpha value is -7.68. The van der Waals surface area contributed by atoms with Gasteiger partial charge in [-0.2, -0.15) is 0 Å². The molecule has 8 aromatic rings. The Morgan fingerprint density at radius 3 is 1.92 bits per heavy atom. The van der Waals surface area contributed by atoms with Gasteiger partial charge < -0.3 is 9.47 Å². The minimum atomic E-state index is -0.155. The molecule has 0 bridgehead atoms. The zero-order chi connectivity index (χ0) is 44.2. The van der Waals surface area contributed by atoms with Crippen molar-refractivity contribution in [2.24, 2.45) is 0 Å². The second-order valence-corrected chi connectivity index (χ2v) is 16.9. The lowest BCUT2D eigenvalue weighted by Crippen LogP contribution is -2.20. The minimum Gasteiger partial charge on any atom is -0.314 e. The molecule has 0 fully saturated rings. The lowest BCUT2D eigenvalue weighted by atomic mass is 9.77. The van der Waals surface area contributed by atoms with Crippen LogP contribution in [0.3, 0.4) is 0 Å². The smallest absolute Gasteiger partial charge is 0.0530 e. The average Bonchev–Trinajstić information content (AvgIpc) is 3.61. The van der Waals surface area contributed by atoms with E-state index in [1.54, 1.807) is 0 Å². The zero-order valence-electron chi connectivity index (χ0n) is 37.3. The van der Waals surface area contributed by atoms with Crippen molar-refractivity contribution in [1.82, 2.24) is 4.57 Å². The molecule has 0 saturated heterocycles. The Bertz CT molecular complexity index is 3140. The van der Waals surface area contributed by atoms with Crippen LogP contribution in [0.2, 0.25) is 0 Å². The Morgan fingerprint density at radius 2 is 1.22 bits per heavy atom. The topological polar surface area (TPSA) is 8.17 Å². The molecule has 7 aromatic carbocycles. The van der Waals surface area contributed by atoms with Crippen LogP contribution in [0.4, 0.5) is 17.1 Å². The molecule has 1 aliphatic rings. The molecule has 2 nitrogen and oxygen atoms in total. The molecule has 9 rings (SSSR count). The van der Waals surface area contributed by atoms with Crippen LogP contribution in [0.1, 0.15) is 48.2 Å². The highest BCUT2D eigenvalue weighted by molar-refractivity contribution is 5.87. The predicted octanol–water partition coefficient (Wildman–Crippen LogP) is 17.2. The van der Waals surface area contributed by atoms with E-state index in [1.165, 1.54) is 33.2 Å². The van der Waals surface area contributed by atoms with Gasteiger partial charge in [0.05, 0.1) is 5.52 Å². The van der Waals surface area contributed by atoms with Gasteiger partial charge in [-0.05, 0) is 161 Å². The van der Waals surface area contributed by atoms with Gasteiger partial charge in [-0.3, -0.25) is 0 Å². The fourth-order valence-corrected chi connectivity index (χ4v) is 9.45. The third-order valence-corrected chi connectivity index (χ3v) is 12.8. The van der Waals surface area contributed by atoms with Gasteiger partial charge in [0, 0.05) is 33.9 Å². The molecule has 1 atom stereocenters. The van der Waals surface area contributed by atoms with Gasteiger partial charge in [0.15, 0.2) is 0 Å². The fourth-order valence-electron chi connectivity index (χ4n) is 9.45. The first-order chi connectivity index (χ1) is 31.3. The molecule has 2 heteroatoms. The van der Waals surface area contributed by atoms with Gasteiger partial charge >= 0.3 is 0 Å². The highest BCUT2D eigenvalue weighted by Gasteiger charge is 2.38. The lowest BCUT2D eigenvalue weighted by molar-refractivity contribution is 0.596. The molecular weight excluding hydrogens is 773 g/mol. The Balaban J connectivity index is 1.16. The van der Waals surface area contributed by atoms with Crippen LogP contribution in [0, 0.1) is 13.8 Å². The summed E-state index contributed by atoms with van der Waals surface area (Å²) >= 11 is 0. The van der Waals surface area contributed by atoms with Crippen molar-refractivity contribution in [2.75, 3.05) is 4.90 Å². The van der Waals surface area contributed by atoms with Crippen molar-refractivity contribution >= 4 is 33.5 Å². The molecule has 312 valence electrons. The normalized spacial score (nSPS) is 14.2. The molecule has 0 saturated carbocycles. The molecule has 0 spiro atoms. The molecule has 1 aromatic heterocycles. The number of benzene rings is 7. The maximum atomic E-state index is 4.04. The SMILES string of the molecule is C=C/C=C(\C=C)c1cccc(-c2ccc(N(c3ccc(-c4ccc(C)n(-c5ccccc5)c5ccc(C)cc5cc4)cc3)c3ccc4c(c3)C(C)(C/C=C\C)c3ccccc3-4)cc2)c1. The quantitative estimate of drug-likeness (QED) is 0.0931. The number of rotatable bonds is 11. The van der Waals surface area contributed by atoms with E-state index in [0.29, 0.717) is 0 Å². The van der Waals surface area contributed by atoms with Crippen molar-refractivity contribution < 1.29 is 0 Å². The Morgan fingerprint density at radius 1 is 0.578 bits per heavy atom. The van der Waals surface area contributed by atoms with Crippen molar-refractivity contribution in [2.45, 2.75) is 39.5 Å². The van der Waals surface area contributed by atoms with Gasteiger partial charge in [-0.1, -0.05) is 171 Å². The van der Waals surface area contributed by atoms with E-state index in [2.05, 4.69) is 251 Å². The van der Waals surface area contributed by atoms with Crippen molar-refractivity contribution in [3.8, 4) is 39.1 Å². The number of hydrogen-bond acceptors (Lipinski definition) is 1. The number of allylic oxidation sites excluding steroid dienone is 6. The first-order valence-electron chi connectivity index (χ1n) is 22.2. The predicted molar refractivity (Wildman–Crippen MR) is 276 cm³/mol.